The Kier molecular flexibility index (Phi) is 3.22. The van der Waals surface area contributed by atoms with Gasteiger partial charge in [0.15, 0.2) is 0 Å². The summed E-state index contributed by atoms with van der Waals surface area (Å²) >= 11 is 0. The predicted octanol–water partition coefficient (Wildman–Crippen LogP) is 2.52. The Morgan fingerprint density at radius 2 is 2.23 bits per heavy atom. The van der Waals surface area contributed by atoms with Gasteiger partial charge in [0.1, 0.15) is 0 Å². The van der Waals surface area contributed by atoms with Gasteiger partial charge in [-0.2, -0.15) is 0 Å². The van der Waals surface area contributed by atoms with E-state index >= 15 is 0 Å². The van der Waals surface area contributed by atoms with Crippen molar-refractivity contribution in [3.63, 3.8) is 0 Å². The number of carbonyl (C=O) groups is 1. The van der Waals surface area contributed by atoms with Gasteiger partial charge in [-0.3, -0.25) is 9.69 Å². The first-order valence-corrected chi connectivity index (χ1v) is 8.29. The van der Waals surface area contributed by atoms with Crippen molar-refractivity contribution in [3.05, 3.63) is 35.0 Å². The molecule has 1 aliphatic carbocycles. The van der Waals surface area contributed by atoms with Gasteiger partial charge in [-0.15, -0.1) is 0 Å². The number of rotatable bonds is 3. The molecule has 1 aliphatic heterocycles. The second-order valence-corrected chi connectivity index (χ2v) is 6.70. The van der Waals surface area contributed by atoms with Crippen LogP contribution >= 0.6 is 0 Å². The van der Waals surface area contributed by atoms with Gasteiger partial charge >= 0.3 is 0 Å². The number of aromatic nitrogens is 1. The summed E-state index contributed by atoms with van der Waals surface area (Å²) in [5.41, 5.74) is 11.1. The standard InChI is InChI=1S/C18H23N3O/c1-12-5-6-15-14(11-12)13-3-2-4-16-18(13)21(15)10-9-20(16)8-7-17(19)22/h5-6,11,16H,2-4,7-10H2,1H3,(H2,19,22). The highest BCUT2D eigenvalue weighted by atomic mass is 16.1. The Bertz CT molecular complexity index is 746. The molecule has 0 bridgehead atoms. The summed E-state index contributed by atoms with van der Waals surface area (Å²) in [6.45, 7) is 4.99. The summed E-state index contributed by atoms with van der Waals surface area (Å²) in [5, 5.41) is 1.44. The molecule has 4 heteroatoms. The maximum absolute atomic E-state index is 11.1. The molecule has 4 nitrogen and oxygen atoms in total. The van der Waals surface area contributed by atoms with Crippen LogP contribution in [0, 0.1) is 6.92 Å². The average molecular weight is 297 g/mol. The van der Waals surface area contributed by atoms with E-state index in [4.69, 9.17) is 5.73 Å². The Labute approximate surface area is 130 Å². The predicted molar refractivity (Wildman–Crippen MR) is 87.7 cm³/mol. The van der Waals surface area contributed by atoms with Gasteiger partial charge in [0.05, 0.1) is 6.04 Å². The molecule has 2 aromatic rings. The van der Waals surface area contributed by atoms with Gasteiger partial charge in [-0.1, -0.05) is 11.6 Å². The molecule has 22 heavy (non-hydrogen) atoms. The Hall–Kier alpha value is -1.81. The molecule has 0 saturated heterocycles. The van der Waals surface area contributed by atoms with Crippen molar-refractivity contribution in [2.75, 3.05) is 13.1 Å². The van der Waals surface area contributed by atoms with Crippen molar-refractivity contribution in [2.24, 2.45) is 5.73 Å². The molecule has 1 unspecified atom stereocenters. The van der Waals surface area contributed by atoms with E-state index in [0.717, 1.165) is 19.6 Å². The van der Waals surface area contributed by atoms with Crippen molar-refractivity contribution in [1.29, 1.82) is 0 Å². The van der Waals surface area contributed by atoms with Crippen LogP contribution in [0.1, 0.15) is 42.1 Å². The van der Waals surface area contributed by atoms with E-state index in [1.807, 2.05) is 0 Å². The minimum absolute atomic E-state index is 0.197. The van der Waals surface area contributed by atoms with E-state index in [0.29, 0.717) is 12.5 Å². The molecule has 1 aromatic carbocycles. The molecule has 0 radical (unpaired) electrons. The molecular formula is C18H23N3O. The summed E-state index contributed by atoms with van der Waals surface area (Å²) in [6, 6.07) is 7.29. The number of nitrogens with zero attached hydrogens (tertiary/aromatic N) is 2. The number of benzene rings is 1. The van der Waals surface area contributed by atoms with Crippen molar-refractivity contribution in [1.82, 2.24) is 9.47 Å². The zero-order chi connectivity index (χ0) is 15.3. The van der Waals surface area contributed by atoms with Crippen LogP contribution in [0.3, 0.4) is 0 Å². The second-order valence-electron chi connectivity index (χ2n) is 6.70. The molecular weight excluding hydrogens is 274 g/mol. The molecule has 0 saturated carbocycles. The maximum atomic E-state index is 11.1. The Balaban J connectivity index is 1.80. The number of aryl methyl sites for hydroxylation is 2. The van der Waals surface area contributed by atoms with Crippen LogP contribution in [0.2, 0.25) is 0 Å². The van der Waals surface area contributed by atoms with Crippen LogP contribution in [-0.4, -0.2) is 28.5 Å². The molecule has 2 N–H and O–H groups in total. The number of carbonyl (C=O) groups excluding carboxylic acids is 1. The van der Waals surface area contributed by atoms with E-state index < -0.39 is 0 Å². The minimum atomic E-state index is -0.197. The van der Waals surface area contributed by atoms with Gasteiger partial charge in [0.25, 0.3) is 0 Å². The summed E-state index contributed by atoms with van der Waals surface area (Å²) < 4.78 is 2.52. The van der Waals surface area contributed by atoms with Crippen LogP contribution in [-0.2, 0) is 17.8 Å². The highest BCUT2D eigenvalue weighted by Crippen LogP contribution is 2.42. The number of nitrogens with two attached hydrogens (primary N) is 1. The fraction of sp³-hybridized carbons (Fsp3) is 0.500. The average Bonchev–Trinajstić information content (AvgIpc) is 2.82. The largest absolute Gasteiger partial charge is 0.370 e. The van der Waals surface area contributed by atoms with Gasteiger partial charge in [-0.25, -0.2) is 0 Å². The highest BCUT2D eigenvalue weighted by molar-refractivity contribution is 5.87. The van der Waals surface area contributed by atoms with Crippen LogP contribution < -0.4 is 5.73 Å². The van der Waals surface area contributed by atoms with E-state index in [9.17, 15) is 4.79 Å². The van der Waals surface area contributed by atoms with Gasteiger partial charge in [0, 0.05) is 42.7 Å². The third-order valence-electron chi connectivity index (χ3n) is 5.28. The van der Waals surface area contributed by atoms with Crippen LogP contribution in [0.4, 0.5) is 0 Å². The van der Waals surface area contributed by atoms with E-state index in [1.165, 1.54) is 41.4 Å². The van der Waals surface area contributed by atoms with Crippen LogP contribution in [0.25, 0.3) is 10.9 Å². The molecule has 0 spiro atoms. The lowest BCUT2D eigenvalue weighted by Gasteiger charge is -2.39. The maximum Gasteiger partial charge on any atom is 0.218 e. The normalized spacial score (nSPS) is 21.0. The number of hydrogen-bond donors (Lipinski definition) is 1. The first-order valence-electron chi connectivity index (χ1n) is 8.29. The van der Waals surface area contributed by atoms with Crippen molar-refractivity contribution >= 4 is 16.8 Å². The van der Waals surface area contributed by atoms with E-state index in [-0.39, 0.29) is 5.91 Å². The summed E-state index contributed by atoms with van der Waals surface area (Å²) in [4.78, 5) is 13.6. The highest BCUT2D eigenvalue weighted by Gasteiger charge is 2.34. The Morgan fingerprint density at radius 1 is 1.36 bits per heavy atom. The third-order valence-corrected chi connectivity index (χ3v) is 5.28. The monoisotopic (exact) mass is 297 g/mol. The quantitative estimate of drug-likeness (QED) is 0.946. The molecule has 1 aromatic heterocycles. The third kappa shape index (κ3) is 2.05. The number of amides is 1. The summed E-state index contributed by atoms with van der Waals surface area (Å²) in [6.07, 6.45) is 4.08. The molecule has 1 amide bonds. The van der Waals surface area contributed by atoms with Gasteiger partial charge in [0.2, 0.25) is 5.91 Å². The minimum Gasteiger partial charge on any atom is -0.370 e. The van der Waals surface area contributed by atoms with E-state index in [2.05, 4.69) is 34.6 Å². The van der Waals surface area contributed by atoms with Crippen molar-refractivity contribution in [2.45, 2.75) is 45.2 Å². The van der Waals surface area contributed by atoms with Gasteiger partial charge in [-0.05, 0) is 43.9 Å². The number of fused-ring (bicyclic) bond motifs is 3. The summed E-state index contributed by atoms with van der Waals surface area (Å²) in [7, 11) is 0. The van der Waals surface area contributed by atoms with Gasteiger partial charge < -0.3 is 10.3 Å². The fourth-order valence-corrected chi connectivity index (χ4v) is 4.31. The van der Waals surface area contributed by atoms with Crippen LogP contribution in [0.15, 0.2) is 18.2 Å². The first kappa shape index (κ1) is 13.8. The SMILES string of the molecule is Cc1ccc2c(c1)c1c3n2CCN(CCC(N)=O)C3CCC1. The molecule has 1 atom stereocenters. The zero-order valence-electron chi connectivity index (χ0n) is 13.1. The smallest absolute Gasteiger partial charge is 0.218 e. The number of primary amides is 1. The first-order chi connectivity index (χ1) is 10.6. The zero-order valence-corrected chi connectivity index (χ0v) is 13.1. The summed E-state index contributed by atoms with van der Waals surface area (Å²) in [5.74, 6) is -0.197. The van der Waals surface area contributed by atoms with Crippen LogP contribution in [0.5, 0.6) is 0 Å². The van der Waals surface area contributed by atoms with Crippen molar-refractivity contribution < 1.29 is 4.79 Å². The molecule has 116 valence electrons. The Morgan fingerprint density at radius 3 is 3.05 bits per heavy atom. The topological polar surface area (TPSA) is 51.3 Å². The molecule has 2 aliphatic rings. The van der Waals surface area contributed by atoms with Crippen molar-refractivity contribution in [3.8, 4) is 0 Å². The molecule has 2 heterocycles. The lowest BCUT2D eigenvalue weighted by molar-refractivity contribution is -0.118. The van der Waals surface area contributed by atoms with E-state index in [1.54, 1.807) is 5.56 Å². The fourth-order valence-electron chi connectivity index (χ4n) is 4.31. The second kappa shape index (κ2) is 5.13. The lowest BCUT2D eigenvalue weighted by Crippen LogP contribution is -2.41. The lowest BCUT2D eigenvalue weighted by atomic mass is 9.89. The number of hydrogen-bond acceptors (Lipinski definition) is 2. The molecule has 0 fully saturated rings. The molecule has 4 rings (SSSR count).